The van der Waals surface area contributed by atoms with Crippen LogP contribution in [0.4, 0.5) is 0 Å². The first-order valence-corrected chi connectivity index (χ1v) is 6.60. The number of nitrogens with one attached hydrogen (secondary N) is 2. The first-order valence-electron chi connectivity index (χ1n) is 6.60. The summed E-state index contributed by atoms with van der Waals surface area (Å²) < 4.78 is 5.10. The molecule has 1 aromatic carbocycles. The molecule has 2 rings (SSSR count). The van der Waals surface area contributed by atoms with Crippen molar-refractivity contribution in [3.8, 4) is 0 Å². The second kappa shape index (κ2) is 5.87. The zero-order valence-electron chi connectivity index (χ0n) is 11.0. The van der Waals surface area contributed by atoms with Gasteiger partial charge in [0.15, 0.2) is 5.58 Å². The van der Waals surface area contributed by atoms with Crippen molar-refractivity contribution >= 4 is 11.1 Å². The lowest BCUT2D eigenvalue weighted by molar-refractivity contribution is 0.493. The molecule has 0 aliphatic rings. The largest absolute Gasteiger partial charge is 0.417 e. The van der Waals surface area contributed by atoms with Crippen LogP contribution in [0.25, 0.3) is 11.1 Å². The third-order valence-corrected chi connectivity index (χ3v) is 3.07. The van der Waals surface area contributed by atoms with E-state index in [0.29, 0.717) is 11.6 Å². The minimum absolute atomic E-state index is 0.333. The molecular formula is C14H20N2O2. The SMILES string of the molecule is CCCNC(CCC)c1ccc2[nH]c(=O)oc2c1. The Labute approximate surface area is 106 Å². The monoisotopic (exact) mass is 248 g/mol. The molecule has 1 aromatic heterocycles. The Morgan fingerprint density at radius 2 is 2.17 bits per heavy atom. The van der Waals surface area contributed by atoms with Crippen LogP contribution in [0, 0.1) is 0 Å². The molecule has 4 heteroatoms. The van der Waals surface area contributed by atoms with E-state index in [9.17, 15) is 4.79 Å². The van der Waals surface area contributed by atoms with Crippen molar-refractivity contribution in [2.24, 2.45) is 0 Å². The van der Waals surface area contributed by atoms with E-state index in [1.54, 1.807) is 0 Å². The van der Waals surface area contributed by atoms with Gasteiger partial charge in [0.1, 0.15) is 0 Å². The van der Waals surface area contributed by atoms with Gasteiger partial charge in [-0.05, 0) is 37.1 Å². The van der Waals surface area contributed by atoms with Crippen molar-refractivity contribution in [1.82, 2.24) is 10.3 Å². The summed E-state index contributed by atoms with van der Waals surface area (Å²) >= 11 is 0. The lowest BCUT2D eigenvalue weighted by atomic mass is 10.0. The van der Waals surface area contributed by atoms with E-state index in [1.165, 1.54) is 5.56 Å². The normalized spacial score (nSPS) is 13.0. The maximum atomic E-state index is 11.1. The highest BCUT2D eigenvalue weighted by molar-refractivity contribution is 5.72. The molecule has 18 heavy (non-hydrogen) atoms. The first-order chi connectivity index (χ1) is 8.74. The highest BCUT2D eigenvalue weighted by Gasteiger charge is 2.11. The Hall–Kier alpha value is -1.55. The minimum Gasteiger partial charge on any atom is -0.408 e. The second-order valence-electron chi connectivity index (χ2n) is 4.57. The fraction of sp³-hybridized carbons (Fsp3) is 0.500. The fourth-order valence-electron chi connectivity index (χ4n) is 2.17. The molecule has 98 valence electrons. The Morgan fingerprint density at radius 1 is 1.33 bits per heavy atom. The third-order valence-electron chi connectivity index (χ3n) is 3.07. The molecule has 0 bridgehead atoms. The standard InChI is InChI=1S/C14H20N2O2/c1-3-5-11(15-8-4-2)10-6-7-12-13(9-10)18-14(17)16-12/h6-7,9,11,15H,3-5,8H2,1-2H3,(H,16,17). The summed E-state index contributed by atoms with van der Waals surface area (Å²) in [5.41, 5.74) is 2.58. The van der Waals surface area contributed by atoms with Crippen LogP contribution in [0.2, 0.25) is 0 Å². The third kappa shape index (κ3) is 2.82. The number of rotatable bonds is 6. The smallest absolute Gasteiger partial charge is 0.408 e. The molecule has 0 aliphatic heterocycles. The fourth-order valence-corrected chi connectivity index (χ4v) is 2.17. The molecule has 1 atom stereocenters. The van der Waals surface area contributed by atoms with E-state index < -0.39 is 5.76 Å². The molecule has 4 nitrogen and oxygen atoms in total. The average Bonchev–Trinajstić information content (AvgIpc) is 2.73. The van der Waals surface area contributed by atoms with Crippen LogP contribution in [0.5, 0.6) is 0 Å². The van der Waals surface area contributed by atoms with E-state index in [0.717, 1.165) is 31.3 Å². The minimum atomic E-state index is -0.393. The lowest BCUT2D eigenvalue weighted by Gasteiger charge is -2.18. The van der Waals surface area contributed by atoms with Gasteiger partial charge in [-0.1, -0.05) is 26.3 Å². The number of oxazole rings is 1. The Morgan fingerprint density at radius 3 is 2.89 bits per heavy atom. The summed E-state index contributed by atoms with van der Waals surface area (Å²) in [6.07, 6.45) is 3.32. The number of hydrogen-bond donors (Lipinski definition) is 2. The van der Waals surface area contributed by atoms with E-state index in [4.69, 9.17) is 4.42 Å². The van der Waals surface area contributed by atoms with Crippen LogP contribution in [0.3, 0.4) is 0 Å². The Bertz CT molecular complexity index is 556. The predicted molar refractivity (Wildman–Crippen MR) is 72.8 cm³/mol. The summed E-state index contributed by atoms with van der Waals surface area (Å²) in [5.74, 6) is -0.393. The van der Waals surface area contributed by atoms with Crippen molar-refractivity contribution in [2.45, 2.75) is 39.2 Å². The molecule has 0 spiro atoms. The topological polar surface area (TPSA) is 58.0 Å². The molecular weight excluding hydrogens is 228 g/mol. The number of H-pyrrole nitrogens is 1. The quantitative estimate of drug-likeness (QED) is 0.826. The van der Waals surface area contributed by atoms with Crippen LogP contribution < -0.4 is 11.1 Å². The van der Waals surface area contributed by atoms with Crippen molar-refractivity contribution in [3.63, 3.8) is 0 Å². The highest BCUT2D eigenvalue weighted by atomic mass is 16.4. The predicted octanol–water partition coefficient (Wildman–Crippen LogP) is 2.96. The van der Waals surface area contributed by atoms with Crippen LogP contribution in [0.1, 0.15) is 44.7 Å². The van der Waals surface area contributed by atoms with E-state index in [1.807, 2.05) is 12.1 Å². The number of aromatic nitrogens is 1. The lowest BCUT2D eigenvalue weighted by Crippen LogP contribution is -2.21. The van der Waals surface area contributed by atoms with Gasteiger partial charge >= 0.3 is 5.76 Å². The molecule has 0 amide bonds. The zero-order valence-corrected chi connectivity index (χ0v) is 11.0. The summed E-state index contributed by atoms with van der Waals surface area (Å²) in [6, 6.07) is 6.25. The van der Waals surface area contributed by atoms with Gasteiger partial charge in [0.05, 0.1) is 5.52 Å². The molecule has 0 fully saturated rings. The van der Waals surface area contributed by atoms with Crippen LogP contribution >= 0.6 is 0 Å². The number of hydrogen-bond acceptors (Lipinski definition) is 3. The number of aromatic amines is 1. The van der Waals surface area contributed by atoms with Gasteiger partial charge in [0.25, 0.3) is 0 Å². The summed E-state index contributed by atoms with van der Waals surface area (Å²) in [7, 11) is 0. The van der Waals surface area contributed by atoms with Gasteiger partial charge in [-0.25, -0.2) is 4.79 Å². The molecule has 0 saturated heterocycles. The second-order valence-corrected chi connectivity index (χ2v) is 4.57. The molecule has 0 radical (unpaired) electrons. The zero-order chi connectivity index (χ0) is 13.0. The Balaban J connectivity index is 2.27. The molecule has 1 unspecified atom stereocenters. The van der Waals surface area contributed by atoms with Gasteiger partial charge in [0, 0.05) is 6.04 Å². The van der Waals surface area contributed by atoms with Crippen LogP contribution in [-0.2, 0) is 0 Å². The Kier molecular flexibility index (Phi) is 4.20. The number of benzene rings is 1. The van der Waals surface area contributed by atoms with E-state index in [-0.39, 0.29) is 0 Å². The van der Waals surface area contributed by atoms with Gasteiger partial charge in [-0.2, -0.15) is 0 Å². The first kappa shape index (κ1) is 12.9. The maximum Gasteiger partial charge on any atom is 0.417 e. The summed E-state index contributed by atoms with van der Waals surface area (Å²) in [5, 5.41) is 3.53. The van der Waals surface area contributed by atoms with Gasteiger partial charge in [-0.15, -0.1) is 0 Å². The van der Waals surface area contributed by atoms with Gasteiger partial charge in [0.2, 0.25) is 0 Å². The average molecular weight is 248 g/mol. The van der Waals surface area contributed by atoms with Crippen LogP contribution in [-0.4, -0.2) is 11.5 Å². The number of fused-ring (bicyclic) bond motifs is 1. The highest BCUT2D eigenvalue weighted by Crippen LogP contribution is 2.22. The van der Waals surface area contributed by atoms with Gasteiger partial charge < -0.3 is 9.73 Å². The van der Waals surface area contributed by atoms with Crippen molar-refractivity contribution < 1.29 is 4.42 Å². The summed E-state index contributed by atoms with van der Waals surface area (Å²) in [4.78, 5) is 13.8. The van der Waals surface area contributed by atoms with Crippen molar-refractivity contribution in [1.29, 1.82) is 0 Å². The maximum absolute atomic E-state index is 11.1. The molecule has 1 heterocycles. The molecule has 0 aliphatic carbocycles. The van der Waals surface area contributed by atoms with E-state index >= 15 is 0 Å². The van der Waals surface area contributed by atoms with E-state index in [2.05, 4.69) is 30.2 Å². The molecule has 0 saturated carbocycles. The van der Waals surface area contributed by atoms with Crippen LogP contribution in [0.15, 0.2) is 27.4 Å². The molecule has 2 N–H and O–H groups in total. The van der Waals surface area contributed by atoms with Gasteiger partial charge in [-0.3, -0.25) is 4.98 Å². The summed E-state index contributed by atoms with van der Waals surface area (Å²) in [6.45, 7) is 5.33. The van der Waals surface area contributed by atoms with Crippen molar-refractivity contribution in [3.05, 3.63) is 34.3 Å². The molecule has 2 aromatic rings. The van der Waals surface area contributed by atoms with Crippen molar-refractivity contribution in [2.75, 3.05) is 6.54 Å².